The van der Waals surface area contributed by atoms with E-state index in [-0.39, 0.29) is 64.3 Å². The topological polar surface area (TPSA) is 375 Å². The maximum atomic E-state index is 12.4. The van der Waals surface area contributed by atoms with Crippen molar-refractivity contribution in [1.82, 2.24) is 36.9 Å². The lowest BCUT2D eigenvalue weighted by atomic mass is 10.1. The summed E-state index contributed by atoms with van der Waals surface area (Å²) in [6.45, 7) is 10.6. The van der Waals surface area contributed by atoms with Gasteiger partial charge in [0.1, 0.15) is 28.7 Å². The van der Waals surface area contributed by atoms with Crippen molar-refractivity contribution in [1.29, 1.82) is 0 Å². The molecule has 12 N–H and O–H groups in total. The second kappa shape index (κ2) is 56.9. The SMILES string of the molecule is CCN(CC)CC#Cc1cccc(/C=N/NC(=O)c2ccc(O)c(Cl)c2)c1.CN(CC#Cc1cccc(/C=N/NC(=O)c2ccc(O)c(Cl)c2)c1)Cc1ccccc1.Cc1ccc(S(=O)(=O)C#Cc2cccc(/C=N/NC(=O)c3ccc(O)c(Cl)c3)c2)cc1.NCC#Cc1cccc(/C=N/NC(=O)c2ccc(O)c(Cl)c2)c1.O=C(N/N=C/c1cccc(C#CCc2ccccc2)c1)c1ccc(O)c(Cl)c1. The Hall–Kier alpha value is -16.4. The largest absolute Gasteiger partial charge is 0.506 e. The second-order valence-electron chi connectivity index (χ2n) is 29.7. The molecule has 0 radical (unpaired) electrons. The quantitative estimate of drug-likeness (QED) is 0.0161. The van der Waals surface area contributed by atoms with Crippen LogP contribution >= 0.6 is 58.0 Å². The smallest absolute Gasteiger partial charge is 0.271 e. The Morgan fingerprint density at radius 2 is 0.636 bits per heavy atom. The van der Waals surface area contributed by atoms with Crippen LogP contribution in [-0.2, 0) is 22.8 Å². The van der Waals surface area contributed by atoms with Crippen LogP contribution in [0.2, 0.25) is 25.1 Å². The number of nitrogens with two attached hydrogens (primary N) is 1. The van der Waals surface area contributed by atoms with Crippen LogP contribution in [0, 0.1) is 65.5 Å². The summed E-state index contributed by atoms with van der Waals surface area (Å²) in [6.07, 6.45) is 8.24. The van der Waals surface area contributed by atoms with Crippen molar-refractivity contribution in [3.8, 4) is 87.3 Å². The molecule has 0 aliphatic heterocycles. The first-order valence-electron chi connectivity index (χ1n) is 42.6. The molecule has 706 valence electrons. The number of benzene rings is 13. The Morgan fingerprint density at radius 1 is 0.350 bits per heavy atom. The molecule has 13 aromatic rings. The van der Waals surface area contributed by atoms with Gasteiger partial charge in [0.05, 0.1) is 80.7 Å². The highest BCUT2D eigenvalue weighted by molar-refractivity contribution is 7.96. The number of hydrazone groups is 5. The van der Waals surface area contributed by atoms with Gasteiger partial charge in [-0.1, -0.05) is 258 Å². The van der Waals surface area contributed by atoms with Gasteiger partial charge >= 0.3 is 0 Å². The average Bonchev–Trinajstić information content (AvgIpc) is 0.840. The van der Waals surface area contributed by atoms with E-state index in [0.29, 0.717) is 52.9 Å². The fraction of sp³-hybridized carbons (Fsp3) is 0.101. The Labute approximate surface area is 836 Å². The lowest BCUT2D eigenvalue weighted by Gasteiger charge is -2.13. The number of halogens is 5. The highest BCUT2D eigenvalue weighted by Crippen LogP contribution is 2.29. The Balaban J connectivity index is 0.000000196. The number of nitrogens with zero attached hydrogens (tertiary/aromatic N) is 7. The molecular weight excluding hydrogens is 1890 g/mol. The minimum Gasteiger partial charge on any atom is -0.506 e. The second-order valence-corrected chi connectivity index (χ2v) is 33.4. The van der Waals surface area contributed by atoms with Gasteiger partial charge in [-0.25, -0.2) is 35.5 Å². The van der Waals surface area contributed by atoms with E-state index in [2.05, 4.69) is 147 Å². The summed E-state index contributed by atoms with van der Waals surface area (Å²) in [5, 5.41) is 69.4. The summed E-state index contributed by atoms with van der Waals surface area (Å²) in [4.78, 5) is 64.7. The van der Waals surface area contributed by atoms with Gasteiger partial charge in [0.2, 0.25) is 9.84 Å². The summed E-state index contributed by atoms with van der Waals surface area (Å²) in [7, 11) is -1.70. The van der Waals surface area contributed by atoms with Crippen molar-refractivity contribution in [2.24, 2.45) is 31.2 Å². The molecule has 31 heteroatoms. The minimum absolute atomic E-state index is 0.0588. The zero-order chi connectivity index (χ0) is 101. The lowest BCUT2D eigenvalue weighted by Crippen LogP contribution is -2.22. The summed E-state index contributed by atoms with van der Waals surface area (Å²) in [6, 6.07) is 84.5. The van der Waals surface area contributed by atoms with Gasteiger partial charge in [0.25, 0.3) is 29.5 Å². The van der Waals surface area contributed by atoms with Crippen LogP contribution in [0.3, 0.4) is 0 Å². The van der Waals surface area contributed by atoms with Crippen molar-refractivity contribution >= 4 is 128 Å². The van der Waals surface area contributed by atoms with E-state index >= 15 is 0 Å². The Bertz CT molecular complexity index is 7170. The number of hydrogen-bond donors (Lipinski definition) is 11. The van der Waals surface area contributed by atoms with Gasteiger partial charge < -0.3 is 31.3 Å². The van der Waals surface area contributed by atoms with Gasteiger partial charge in [-0.2, -0.15) is 25.5 Å². The van der Waals surface area contributed by atoms with Crippen molar-refractivity contribution < 1.29 is 57.9 Å². The number of nitrogens with one attached hydrogen (secondary N) is 5. The number of phenolic OH excluding ortho intramolecular Hbond substituents is 5. The highest BCUT2D eigenvalue weighted by Gasteiger charge is 2.15. The molecule has 0 atom stereocenters. The van der Waals surface area contributed by atoms with E-state index in [1.807, 2.05) is 160 Å². The van der Waals surface area contributed by atoms with E-state index in [1.165, 1.54) is 127 Å². The maximum Gasteiger partial charge on any atom is 0.271 e. The summed E-state index contributed by atoms with van der Waals surface area (Å²) in [5.41, 5.74) is 30.0. The molecule has 13 aromatic carbocycles. The third kappa shape index (κ3) is 37.7. The zero-order valence-electron chi connectivity index (χ0n) is 75.7. The van der Waals surface area contributed by atoms with E-state index in [1.54, 1.807) is 55.0 Å². The lowest BCUT2D eigenvalue weighted by molar-refractivity contribution is 0.0947. The molecular formula is C109H92Cl5N13O12S. The molecule has 13 rings (SSSR count). The predicted molar refractivity (Wildman–Crippen MR) is 556 cm³/mol. The molecule has 0 spiro atoms. The van der Waals surface area contributed by atoms with Crippen LogP contribution in [0.1, 0.15) is 138 Å². The number of hydrogen-bond acceptors (Lipinski definition) is 20. The van der Waals surface area contributed by atoms with Gasteiger partial charge in [0, 0.05) is 73.9 Å². The fourth-order valence-electron chi connectivity index (χ4n) is 11.7. The maximum absolute atomic E-state index is 12.4. The van der Waals surface area contributed by atoms with Gasteiger partial charge in [-0.3, -0.25) is 33.8 Å². The molecule has 0 aliphatic carbocycles. The average molecular weight is 1990 g/mol. The number of amides is 5. The number of sulfone groups is 1. The standard InChI is InChI=1S/C25H22ClN3O2.C23H17ClN2O4S.C23H17ClN2O2.C21H22ClN3O2.C17H14ClN3O2/c1-29(18-20-7-3-2-4-8-20)14-6-11-19-9-5-10-21(15-19)17-27-28-25(31)22-12-13-24(30)23(26)16-22;1-16-5-8-20(9-6-16)31(29,30)12-11-17-3-2-4-18(13-17)15-25-26-23(28)19-7-10-22(27)21(24)14-19;24-21-15-20(12-13-22(21)27)23(28)26-25-16-19-11-5-10-18(14-19)9-4-8-17-6-2-1-3-7-17;1-3-25(4-2)12-6-9-16-7-5-8-17(13-16)15-23-24-21(27)18-10-11-20(26)19(22)14-18;18-15-10-14(6-7-16(15)22)17(23)21-20-11-13-4-1-3-12(9-13)5-2-8-19/h2-5,7-10,12-13,15-17,30H,14,18H2,1H3,(H,28,31);2-10,13-15,27H,1H3,(H,26,28);1-3,5-7,10-16,27H,8H2,(H,26,28);5,7-8,10-11,13-15,26H,3-4,12H2,1-2H3,(H,24,27);1,3-4,6-7,9-11,22H,8,19H2,(H,21,23)/b27-17+;25-15+;25-16+;23-15+;20-11+. The van der Waals surface area contributed by atoms with Crippen molar-refractivity contribution in [2.45, 2.75) is 38.6 Å². The first-order valence-corrected chi connectivity index (χ1v) is 46.0. The molecule has 0 fully saturated rings. The molecule has 0 bridgehead atoms. The molecule has 0 heterocycles. The summed E-state index contributed by atoms with van der Waals surface area (Å²) >= 11 is 29.0. The molecule has 0 saturated carbocycles. The number of rotatable bonds is 23. The number of carbonyl (C=O) groups excluding carboxylic acids is 5. The van der Waals surface area contributed by atoms with Gasteiger partial charge in [-0.15, -0.1) is 0 Å². The van der Waals surface area contributed by atoms with E-state index in [0.717, 1.165) is 76.3 Å². The number of aromatic hydroxyl groups is 5. The predicted octanol–water partition coefficient (Wildman–Crippen LogP) is 18.2. The Morgan fingerprint density at radius 3 is 0.936 bits per heavy atom. The van der Waals surface area contributed by atoms with Crippen LogP contribution < -0.4 is 32.9 Å². The van der Waals surface area contributed by atoms with Crippen LogP contribution in [-0.4, -0.2) is 144 Å². The van der Waals surface area contributed by atoms with Crippen molar-refractivity contribution in [3.63, 3.8) is 0 Å². The first kappa shape index (κ1) is 107. The third-order valence-corrected chi connectivity index (χ3v) is 21.8. The van der Waals surface area contributed by atoms with Gasteiger partial charge in [-0.05, 0) is 236 Å². The van der Waals surface area contributed by atoms with Crippen molar-refractivity contribution in [3.05, 3.63) is 423 Å². The number of aryl methyl sites for hydroxylation is 1. The molecule has 0 aromatic heterocycles. The Kier molecular flexibility index (Phi) is 43.6. The molecule has 0 unspecified atom stereocenters. The summed E-state index contributed by atoms with van der Waals surface area (Å²) < 4.78 is 24.7. The third-order valence-electron chi connectivity index (χ3n) is 19.1. The van der Waals surface area contributed by atoms with Crippen LogP contribution in [0.25, 0.3) is 0 Å². The van der Waals surface area contributed by atoms with Gasteiger partial charge in [0.15, 0.2) is 0 Å². The molecule has 0 saturated heterocycles. The normalized spacial score (nSPS) is 10.6. The highest BCUT2D eigenvalue weighted by atomic mass is 35.5. The van der Waals surface area contributed by atoms with Crippen LogP contribution in [0.15, 0.2) is 328 Å². The van der Waals surface area contributed by atoms with Crippen molar-refractivity contribution in [2.75, 3.05) is 39.8 Å². The number of carbonyl (C=O) groups is 5. The monoisotopic (exact) mass is 1980 g/mol. The fourth-order valence-corrected chi connectivity index (χ4v) is 13.5. The molecule has 140 heavy (non-hydrogen) atoms. The van der Waals surface area contributed by atoms with E-state index < -0.39 is 39.4 Å². The molecule has 25 nitrogen and oxygen atoms in total. The summed E-state index contributed by atoms with van der Waals surface area (Å²) in [5.74, 6) is 24.7. The molecule has 0 aliphatic rings. The van der Waals surface area contributed by atoms with Crippen LogP contribution in [0.5, 0.6) is 28.7 Å². The number of phenols is 5. The van der Waals surface area contributed by atoms with E-state index in [4.69, 9.17) is 63.7 Å². The molecule has 5 amide bonds. The van der Waals surface area contributed by atoms with E-state index in [9.17, 15) is 57.9 Å². The minimum atomic E-state index is -3.73. The van der Waals surface area contributed by atoms with Crippen LogP contribution in [0.4, 0.5) is 0 Å². The first-order chi connectivity index (χ1) is 67.5. The zero-order valence-corrected chi connectivity index (χ0v) is 80.3.